The maximum Gasteiger partial charge on any atom is 0.354 e. The van der Waals surface area contributed by atoms with Gasteiger partial charge < -0.3 is 9.80 Å². The molecular formula is C32H31IN6O2. The van der Waals surface area contributed by atoms with E-state index in [9.17, 15) is 9.59 Å². The van der Waals surface area contributed by atoms with Crippen LogP contribution in [0.25, 0.3) is 38.6 Å². The monoisotopic (exact) mass is 662 g/mol. The Morgan fingerprint density at radius 2 is 1.83 bits per heavy atom. The molecule has 0 spiro atoms. The number of anilines is 1. The third kappa shape index (κ3) is 4.71. The second kappa shape index (κ2) is 10.8. The smallest absolute Gasteiger partial charge is 0.352 e. The summed E-state index contributed by atoms with van der Waals surface area (Å²) in [5, 5.41) is 9.32. The maximum absolute atomic E-state index is 14.0. The molecule has 41 heavy (non-hydrogen) atoms. The number of rotatable bonds is 5. The lowest BCUT2D eigenvalue weighted by atomic mass is 9.95. The molecule has 3 aromatic carbocycles. The average molecular weight is 663 g/mol. The number of piperazine rings is 1. The molecule has 1 N–H and O–H groups in total. The van der Waals surface area contributed by atoms with Crippen LogP contribution in [-0.4, -0.2) is 56.7 Å². The van der Waals surface area contributed by atoms with Gasteiger partial charge >= 0.3 is 5.69 Å². The van der Waals surface area contributed by atoms with E-state index in [1.54, 1.807) is 9.47 Å². The average Bonchev–Trinajstić information content (AvgIpc) is 3.45. The largest absolute Gasteiger partial charge is 0.354 e. The van der Waals surface area contributed by atoms with Crippen LogP contribution in [0.4, 0.5) is 5.82 Å². The number of H-pyrrole nitrogens is 1. The molecule has 1 aliphatic heterocycles. The number of amides is 1. The van der Waals surface area contributed by atoms with Crippen LogP contribution < -0.4 is 10.6 Å². The normalized spacial score (nSPS) is 13.9. The number of carbonyl (C=O) groups is 1. The molecule has 2 aromatic heterocycles. The SMILES string of the molecule is C=CC(=O)N1CCN(c2nc(=O)n(-c3ccccc3C(C)C)c3cc(-c4c(C)ccc5[nH]ncc45)c([131I])cc23)CC1. The minimum Gasteiger partial charge on any atom is -0.352 e. The summed E-state index contributed by atoms with van der Waals surface area (Å²) < 4.78 is 2.81. The topological polar surface area (TPSA) is 87.1 Å². The third-order valence-corrected chi connectivity index (χ3v) is 8.82. The molecule has 0 unspecified atom stereocenters. The van der Waals surface area contributed by atoms with Gasteiger partial charge in [0.15, 0.2) is 0 Å². The molecule has 0 atom stereocenters. The zero-order valence-electron chi connectivity index (χ0n) is 23.3. The number of nitrogens with one attached hydrogen (secondary N) is 1. The van der Waals surface area contributed by atoms with Crippen LogP contribution in [-0.2, 0) is 4.79 Å². The van der Waals surface area contributed by atoms with Crippen molar-refractivity contribution in [2.75, 3.05) is 31.1 Å². The lowest BCUT2D eigenvalue weighted by Gasteiger charge is -2.35. The lowest BCUT2D eigenvalue weighted by Crippen LogP contribution is -2.49. The van der Waals surface area contributed by atoms with Crippen LogP contribution in [0, 0.1) is 10.5 Å². The first-order chi connectivity index (χ1) is 19.8. The first-order valence-electron chi connectivity index (χ1n) is 13.7. The third-order valence-electron chi connectivity index (χ3n) is 7.93. The summed E-state index contributed by atoms with van der Waals surface area (Å²) in [5.41, 5.74) is 6.61. The van der Waals surface area contributed by atoms with Crippen molar-refractivity contribution >= 4 is 56.1 Å². The minimum absolute atomic E-state index is 0.0776. The van der Waals surface area contributed by atoms with Gasteiger partial charge in [0.2, 0.25) is 5.91 Å². The number of carbonyl (C=O) groups excluding carboxylic acids is 1. The van der Waals surface area contributed by atoms with Gasteiger partial charge in [-0.2, -0.15) is 10.1 Å². The van der Waals surface area contributed by atoms with Gasteiger partial charge in [-0.05, 0) is 88.0 Å². The number of aromatic amines is 1. The van der Waals surface area contributed by atoms with E-state index in [-0.39, 0.29) is 17.5 Å². The summed E-state index contributed by atoms with van der Waals surface area (Å²) in [6.07, 6.45) is 3.21. The van der Waals surface area contributed by atoms with Crippen LogP contribution in [0.2, 0.25) is 0 Å². The van der Waals surface area contributed by atoms with Crippen molar-refractivity contribution in [3.8, 4) is 16.8 Å². The highest BCUT2D eigenvalue weighted by atomic mass is 131. The van der Waals surface area contributed by atoms with E-state index in [0.717, 1.165) is 53.3 Å². The van der Waals surface area contributed by atoms with Crippen molar-refractivity contribution in [2.45, 2.75) is 26.7 Å². The van der Waals surface area contributed by atoms with Gasteiger partial charge in [-0.3, -0.25) is 14.5 Å². The van der Waals surface area contributed by atoms with E-state index >= 15 is 0 Å². The maximum atomic E-state index is 14.0. The second-order valence-electron chi connectivity index (χ2n) is 10.7. The predicted octanol–water partition coefficient (Wildman–Crippen LogP) is 5.80. The van der Waals surface area contributed by atoms with Crippen LogP contribution in [0.5, 0.6) is 0 Å². The van der Waals surface area contributed by atoms with Crippen molar-refractivity contribution in [1.29, 1.82) is 0 Å². The Morgan fingerprint density at radius 3 is 2.56 bits per heavy atom. The van der Waals surface area contributed by atoms with Gasteiger partial charge in [0.1, 0.15) is 5.82 Å². The van der Waals surface area contributed by atoms with E-state index in [1.165, 1.54) is 6.08 Å². The zero-order chi connectivity index (χ0) is 28.8. The highest BCUT2D eigenvalue weighted by Gasteiger charge is 2.25. The summed E-state index contributed by atoms with van der Waals surface area (Å²) in [5.74, 6) is 0.788. The lowest BCUT2D eigenvalue weighted by molar-refractivity contribution is -0.126. The number of fused-ring (bicyclic) bond motifs is 2. The fraction of sp³-hybridized carbons (Fsp3) is 0.250. The molecule has 0 bridgehead atoms. The van der Waals surface area contributed by atoms with Crippen molar-refractivity contribution in [1.82, 2.24) is 24.6 Å². The molecule has 0 radical (unpaired) electrons. The highest BCUT2D eigenvalue weighted by molar-refractivity contribution is 14.1. The molecule has 5 aromatic rings. The Kier molecular flexibility index (Phi) is 7.14. The first kappa shape index (κ1) is 27.2. The highest BCUT2D eigenvalue weighted by Crippen LogP contribution is 2.39. The Morgan fingerprint density at radius 1 is 1.07 bits per heavy atom. The predicted molar refractivity (Wildman–Crippen MR) is 173 cm³/mol. The molecule has 9 heteroatoms. The molecule has 1 saturated heterocycles. The minimum atomic E-state index is -0.324. The molecule has 208 valence electrons. The standard InChI is InChI=1S/C32H31IN6O2/c1-5-29(40)37-12-14-38(15-13-37)31-23-16-25(33)22(30-20(4)10-11-26-24(30)18-34-36-26)17-28(23)39(32(41)35-31)27-9-7-6-8-21(27)19(2)3/h5-11,16-19H,1,12-15H2,2-4H3,(H,34,36)/i33+4. The van der Waals surface area contributed by atoms with Gasteiger partial charge in [0.05, 0.1) is 22.9 Å². The molecule has 8 nitrogen and oxygen atoms in total. The van der Waals surface area contributed by atoms with E-state index in [2.05, 4.69) is 94.3 Å². The molecule has 3 heterocycles. The summed E-state index contributed by atoms with van der Waals surface area (Å²) in [6, 6.07) is 16.5. The number of para-hydroxylation sites is 1. The van der Waals surface area contributed by atoms with E-state index < -0.39 is 0 Å². The number of hydrogen-bond donors (Lipinski definition) is 1. The van der Waals surface area contributed by atoms with Gasteiger partial charge in [-0.1, -0.05) is 44.7 Å². The van der Waals surface area contributed by atoms with Crippen molar-refractivity contribution in [3.05, 3.63) is 92.6 Å². The summed E-state index contributed by atoms with van der Waals surface area (Å²) in [4.78, 5) is 34.8. The van der Waals surface area contributed by atoms with Crippen molar-refractivity contribution < 1.29 is 4.79 Å². The molecule has 1 amide bonds. The Balaban J connectivity index is 1.62. The molecule has 6 rings (SSSR count). The van der Waals surface area contributed by atoms with Crippen LogP contribution in [0.15, 0.2) is 72.2 Å². The van der Waals surface area contributed by atoms with E-state index in [4.69, 9.17) is 0 Å². The van der Waals surface area contributed by atoms with Gasteiger partial charge in [-0.15, -0.1) is 0 Å². The zero-order valence-corrected chi connectivity index (χ0v) is 25.5. The second-order valence-corrected chi connectivity index (χ2v) is 11.9. The Labute approximate surface area is 251 Å². The summed E-state index contributed by atoms with van der Waals surface area (Å²) in [7, 11) is 0. The summed E-state index contributed by atoms with van der Waals surface area (Å²) in [6.45, 7) is 12.2. The van der Waals surface area contributed by atoms with Crippen LogP contribution >= 0.6 is 22.6 Å². The van der Waals surface area contributed by atoms with Crippen molar-refractivity contribution in [2.24, 2.45) is 0 Å². The molecular weight excluding hydrogens is 631 g/mol. The number of benzene rings is 3. The molecule has 1 fully saturated rings. The van der Waals surface area contributed by atoms with Gasteiger partial charge in [0.25, 0.3) is 0 Å². The number of halogens is 1. The summed E-state index contributed by atoms with van der Waals surface area (Å²) >= 11 is 2.39. The fourth-order valence-corrected chi connectivity index (χ4v) is 6.56. The molecule has 1 aliphatic rings. The Hall–Kier alpha value is -3.99. The van der Waals surface area contributed by atoms with Gasteiger partial charge in [0, 0.05) is 40.5 Å². The number of hydrogen-bond acceptors (Lipinski definition) is 5. The number of aryl methyl sites for hydroxylation is 1. The number of aromatic nitrogens is 4. The van der Waals surface area contributed by atoms with E-state index in [0.29, 0.717) is 32.0 Å². The van der Waals surface area contributed by atoms with Crippen LogP contribution in [0.3, 0.4) is 0 Å². The first-order valence-corrected chi connectivity index (χ1v) is 14.8. The molecule has 0 aliphatic carbocycles. The fourth-order valence-electron chi connectivity index (χ4n) is 5.83. The van der Waals surface area contributed by atoms with Crippen LogP contribution in [0.1, 0.15) is 30.9 Å². The van der Waals surface area contributed by atoms with Crippen molar-refractivity contribution in [3.63, 3.8) is 0 Å². The number of nitrogens with zero attached hydrogens (tertiary/aromatic N) is 5. The van der Waals surface area contributed by atoms with Gasteiger partial charge in [-0.25, -0.2) is 4.79 Å². The molecule has 0 saturated carbocycles. The quantitative estimate of drug-likeness (QED) is 0.190. The Bertz CT molecular complexity index is 1880. The van der Waals surface area contributed by atoms with E-state index in [1.807, 2.05) is 30.5 Å².